The van der Waals surface area contributed by atoms with E-state index in [4.69, 9.17) is 11.6 Å². The lowest BCUT2D eigenvalue weighted by Crippen LogP contribution is -2.10. The Labute approximate surface area is 147 Å². The van der Waals surface area contributed by atoms with E-state index in [1.165, 1.54) is 6.33 Å². The van der Waals surface area contributed by atoms with E-state index < -0.39 is 0 Å². The summed E-state index contributed by atoms with van der Waals surface area (Å²) in [6.45, 7) is 0. The molecule has 0 aliphatic rings. The van der Waals surface area contributed by atoms with Crippen LogP contribution in [0, 0.1) is 0 Å². The van der Waals surface area contributed by atoms with Crippen molar-refractivity contribution in [3.8, 4) is 5.69 Å². The molecule has 2 heterocycles. The Morgan fingerprint density at radius 3 is 2.68 bits per heavy atom. The highest BCUT2D eigenvalue weighted by atomic mass is 35.5. The highest BCUT2D eigenvalue weighted by molar-refractivity contribution is 6.50. The van der Waals surface area contributed by atoms with Crippen molar-refractivity contribution in [2.45, 2.75) is 0 Å². The largest absolute Gasteiger partial charge is 0.305 e. The van der Waals surface area contributed by atoms with Gasteiger partial charge in [-0.2, -0.15) is 5.10 Å². The van der Waals surface area contributed by atoms with Crippen molar-refractivity contribution in [2.24, 2.45) is 0 Å². The van der Waals surface area contributed by atoms with Crippen LogP contribution in [0.4, 0.5) is 0 Å². The number of benzene rings is 2. The molecule has 0 saturated heterocycles. The van der Waals surface area contributed by atoms with Gasteiger partial charge in [0.1, 0.15) is 12.7 Å². The number of H-pyrrole nitrogens is 1. The van der Waals surface area contributed by atoms with Crippen molar-refractivity contribution in [3.05, 3.63) is 82.9 Å². The smallest absolute Gasteiger partial charge is 0.259 e. The van der Waals surface area contributed by atoms with Gasteiger partial charge in [-0.05, 0) is 35.9 Å². The zero-order valence-corrected chi connectivity index (χ0v) is 13.7. The zero-order valence-electron chi connectivity index (χ0n) is 12.9. The maximum Gasteiger partial charge on any atom is 0.259 e. The summed E-state index contributed by atoms with van der Waals surface area (Å²) in [6, 6.07) is 14.8. The van der Waals surface area contributed by atoms with Gasteiger partial charge in [0, 0.05) is 0 Å². The first-order valence-electron chi connectivity index (χ1n) is 7.52. The van der Waals surface area contributed by atoms with Gasteiger partial charge in [-0.15, -0.1) is 0 Å². The number of nitrogens with one attached hydrogen (secondary N) is 1. The number of halogens is 1. The van der Waals surface area contributed by atoms with Gasteiger partial charge < -0.3 is 4.98 Å². The average Bonchev–Trinajstić information content (AvgIpc) is 3.17. The minimum absolute atomic E-state index is 0.214. The molecule has 4 aromatic rings. The van der Waals surface area contributed by atoms with Gasteiger partial charge in [0.15, 0.2) is 5.82 Å². The Kier molecular flexibility index (Phi) is 3.87. The summed E-state index contributed by atoms with van der Waals surface area (Å²) in [7, 11) is 0. The lowest BCUT2D eigenvalue weighted by molar-refractivity contribution is 0.879. The molecule has 0 atom stereocenters. The quantitative estimate of drug-likeness (QED) is 0.616. The molecule has 122 valence electrons. The number of hydrogen-bond donors (Lipinski definition) is 1. The van der Waals surface area contributed by atoms with Crippen LogP contribution in [0.15, 0.2) is 66.0 Å². The van der Waals surface area contributed by atoms with Gasteiger partial charge in [-0.25, -0.2) is 14.6 Å². The second-order valence-electron chi connectivity index (χ2n) is 5.36. The SMILES string of the molecule is O=c1[nH]c(C(Cl)=Cc2ccc(-n3cncn3)cc2)nc2ccccc12. The van der Waals surface area contributed by atoms with Crippen molar-refractivity contribution in [2.75, 3.05) is 0 Å². The Bertz CT molecular complexity index is 1110. The molecule has 6 nitrogen and oxygen atoms in total. The van der Waals surface area contributed by atoms with Gasteiger partial charge in [0.05, 0.1) is 21.6 Å². The van der Waals surface area contributed by atoms with E-state index in [-0.39, 0.29) is 5.56 Å². The summed E-state index contributed by atoms with van der Waals surface area (Å²) in [6.07, 6.45) is 4.85. The second kappa shape index (κ2) is 6.33. The van der Waals surface area contributed by atoms with E-state index in [0.717, 1.165) is 11.3 Å². The van der Waals surface area contributed by atoms with Crippen LogP contribution < -0.4 is 5.56 Å². The Morgan fingerprint density at radius 1 is 1.12 bits per heavy atom. The minimum Gasteiger partial charge on any atom is -0.305 e. The minimum atomic E-state index is -0.214. The number of aromatic nitrogens is 5. The molecule has 0 fully saturated rings. The topological polar surface area (TPSA) is 76.5 Å². The van der Waals surface area contributed by atoms with E-state index in [0.29, 0.717) is 21.8 Å². The number of fused-ring (bicyclic) bond motifs is 1. The van der Waals surface area contributed by atoms with Crippen LogP contribution in [0.5, 0.6) is 0 Å². The fourth-order valence-electron chi connectivity index (χ4n) is 2.48. The normalized spacial score (nSPS) is 11.8. The number of aromatic amines is 1. The molecule has 2 aromatic carbocycles. The number of hydrogen-bond acceptors (Lipinski definition) is 4. The summed E-state index contributed by atoms with van der Waals surface area (Å²) in [5, 5.41) is 4.97. The molecule has 0 spiro atoms. The first kappa shape index (κ1) is 15.3. The molecule has 7 heteroatoms. The Hall–Kier alpha value is -3.25. The van der Waals surface area contributed by atoms with E-state index >= 15 is 0 Å². The van der Waals surface area contributed by atoms with Crippen molar-refractivity contribution in [3.63, 3.8) is 0 Å². The summed E-state index contributed by atoms with van der Waals surface area (Å²) in [4.78, 5) is 23.2. The number of rotatable bonds is 3. The summed E-state index contributed by atoms with van der Waals surface area (Å²) >= 11 is 6.35. The molecule has 0 radical (unpaired) electrons. The van der Waals surface area contributed by atoms with Crippen molar-refractivity contribution < 1.29 is 0 Å². The third-order valence-electron chi connectivity index (χ3n) is 3.71. The lowest BCUT2D eigenvalue weighted by Gasteiger charge is -2.03. The molecule has 1 N–H and O–H groups in total. The first-order valence-corrected chi connectivity index (χ1v) is 7.90. The van der Waals surface area contributed by atoms with Crippen LogP contribution in [-0.4, -0.2) is 24.7 Å². The van der Waals surface area contributed by atoms with E-state index in [1.54, 1.807) is 35.3 Å². The van der Waals surface area contributed by atoms with Crippen molar-refractivity contribution in [1.29, 1.82) is 0 Å². The van der Waals surface area contributed by atoms with Gasteiger partial charge in [-0.1, -0.05) is 35.9 Å². The Balaban J connectivity index is 1.68. The van der Waals surface area contributed by atoms with Crippen LogP contribution in [-0.2, 0) is 0 Å². The van der Waals surface area contributed by atoms with Crippen LogP contribution in [0.2, 0.25) is 0 Å². The van der Waals surface area contributed by atoms with Crippen molar-refractivity contribution >= 4 is 33.6 Å². The fraction of sp³-hybridized carbons (Fsp3) is 0. The summed E-state index contributed by atoms with van der Waals surface area (Å²) in [5.74, 6) is 0.339. The van der Waals surface area contributed by atoms with Gasteiger partial charge in [-0.3, -0.25) is 4.79 Å². The molecular weight excluding hydrogens is 338 g/mol. The molecule has 2 aromatic heterocycles. The maximum absolute atomic E-state index is 12.1. The highest BCUT2D eigenvalue weighted by Gasteiger charge is 2.06. The average molecular weight is 350 g/mol. The van der Waals surface area contributed by atoms with E-state index in [1.807, 2.05) is 30.3 Å². The van der Waals surface area contributed by atoms with E-state index in [9.17, 15) is 4.79 Å². The molecule has 4 rings (SSSR count). The Morgan fingerprint density at radius 2 is 1.92 bits per heavy atom. The number of nitrogens with zero attached hydrogens (tertiary/aromatic N) is 4. The monoisotopic (exact) mass is 349 g/mol. The summed E-state index contributed by atoms with van der Waals surface area (Å²) < 4.78 is 1.66. The third kappa shape index (κ3) is 3.07. The predicted molar refractivity (Wildman–Crippen MR) is 97.4 cm³/mol. The molecule has 0 aliphatic heterocycles. The maximum atomic E-state index is 12.1. The van der Waals surface area contributed by atoms with Crippen LogP contribution in [0.3, 0.4) is 0 Å². The van der Waals surface area contributed by atoms with Crippen LogP contribution >= 0.6 is 11.6 Å². The van der Waals surface area contributed by atoms with Crippen LogP contribution in [0.1, 0.15) is 11.4 Å². The standard InChI is InChI=1S/C18H12ClN5O/c19-15(17-22-16-4-2-1-3-14(16)18(25)23-17)9-12-5-7-13(8-6-12)24-11-20-10-21-24/h1-11H,(H,22,23,25). The molecule has 0 unspecified atom stereocenters. The molecule has 0 bridgehead atoms. The predicted octanol–water partition coefficient (Wildman–Crippen LogP) is 3.24. The first-order chi connectivity index (χ1) is 12.2. The van der Waals surface area contributed by atoms with Crippen molar-refractivity contribution in [1.82, 2.24) is 24.7 Å². The van der Waals surface area contributed by atoms with Gasteiger partial charge >= 0.3 is 0 Å². The van der Waals surface area contributed by atoms with Gasteiger partial charge in [0.25, 0.3) is 5.56 Å². The van der Waals surface area contributed by atoms with Gasteiger partial charge in [0.2, 0.25) is 0 Å². The lowest BCUT2D eigenvalue weighted by atomic mass is 10.2. The highest BCUT2D eigenvalue weighted by Crippen LogP contribution is 2.20. The van der Waals surface area contributed by atoms with Crippen LogP contribution in [0.25, 0.3) is 27.7 Å². The molecular formula is C18H12ClN5O. The third-order valence-corrected chi connectivity index (χ3v) is 4.00. The molecule has 25 heavy (non-hydrogen) atoms. The fourth-order valence-corrected chi connectivity index (χ4v) is 2.69. The molecule has 0 aliphatic carbocycles. The molecule has 0 saturated carbocycles. The summed E-state index contributed by atoms with van der Waals surface area (Å²) in [5.41, 5.74) is 2.16. The second-order valence-corrected chi connectivity index (χ2v) is 5.76. The molecule has 0 amide bonds. The van der Waals surface area contributed by atoms with E-state index in [2.05, 4.69) is 20.1 Å². The zero-order chi connectivity index (χ0) is 17.2. The number of para-hydroxylation sites is 1.